The molecule has 166 valence electrons. The van der Waals surface area contributed by atoms with Crippen LogP contribution in [0.4, 0.5) is 4.39 Å². The monoisotopic (exact) mass is 434 g/mol. The molecule has 0 saturated heterocycles. The molecule has 0 bridgehead atoms. The SMILES string of the molecule is CCNC(=NCCCc1nnc(SC)n1CC(C)C)NCCc1ccc(F)cc1C. The Kier molecular flexibility index (Phi) is 10.1. The van der Waals surface area contributed by atoms with E-state index in [2.05, 4.69) is 51.2 Å². The van der Waals surface area contributed by atoms with Crippen LogP contribution in [0.3, 0.4) is 0 Å². The minimum Gasteiger partial charge on any atom is -0.357 e. The maximum absolute atomic E-state index is 13.2. The third-order valence-corrected chi connectivity index (χ3v) is 5.35. The van der Waals surface area contributed by atoms with E-state index < -0.39 is 0 Å². The summed E-state index contributed by atoms with van der Waals surface area (Å²) in [7, 11) is 0. The molecule has 30 heavy (non-hydrogen) atoms. The van der Waals surface area contributed by atoms with E-state index in [1.54, 1.807) is 17.8 Å². The summed E-state index contributed by atoms with van der Waals surface area (Å²) in [5, 5.41) is 16.3. The molecule has 1 aromatic carbocycles. The Bertz CT molecular complexity index is 818. The maximum atomic E-state index is 13.2. The summed E-state index contributed by atoms with van der Waals surface area (Å²) >= 11 is 1.64. The van der Waals surface area contributed by atoms with Crippen LogP contribution in [0.15, 0.2) is 28.3 Å². The summed E-state index contributed by atoms with van der Waals surface area (Å²) in [5.41, 5.74) is 2.13. The second kappa shape index (κ2) is 12.6. The standard InChI is InChI=1S/C22H35FN6S/c1-6-24-21(26-13-11-18-9-10-19(23)14-17(18)4)25-12-7-8-20-27-28-22(30-5)29(20)15-16(2)3/h9-10,14,16H,6-8,11-13,15H2,1-5H3,(H2,24,25,26). The molecule has 0 aliphatic rings. The van der Waals surface area contributed by atoms with Gasteiger partial charge in [-0.15, -0.1) is 10.2 Å². The molecule has 6 nitrogen and oxygen atoms in total. The molecule has 0 saturated carbocycles. The molecule has 0 aliphatic heterocycles. The predicted octanol–water partition coefficient (Wildman–Crippen LogP) is 3.83. The van der Waals surface area contributed by atoms with Crippen molar-refractivity contribution in [3.8, 4) is 0 Å². The Balaban J connectivity index is 1.85. The van der Waals surface area contributed by atoms with Gasteiger partial charge in [-0.25, -0.2) is 4.39 Å². The summed E-state index contributed by atoms with van der Waals surface area (Å²) in [6.45, 7) is 11.6. The van der Waals surface area contributed by atoms with Gasteiger partial charge >= 0.3 is 0 Å². The van der Waals surface area contributed by atoms with E-state index in [-0.39, 0.29) is 5.82 Å². The average Bonchev–Trinajstić information content (AvgIpc) is 3.07. The van der Waals surface area contributed by atoms with Crippen LogP contribution < -0.4 is 10.6 Å². The number of guanidine groups is 1. The molecule has 0 unspecified atom stereocenters. The lowest BCUT2D eigenvalue weighted by Crippen LogP contribution is -2.38. The van der Waals surface area contributed by atoms with Crippen molar-refractivity contribution in [3.05, 3.63) is 41.0 Å². The quantitative estimate of drug-likeness (QED) is 0.243. The number of hydrogen-bond donors (Lipinski definition) is 2. The molecule has 0 amide bonds. The number of halogens is 1. The van der Waals surface area contributed by atoms with Gasteiger partial charge in [-0.2, -0.15) is 0 Å². The highest BCUT2D eigenvalue weighted by molar-refractivity contribution is 7.98. The van der Waals surface area contributed by atoms with E-state index in [9.17, 15) is 4.39 Å². The molecular weight excluding hydrogens is 399 g/mol. The number of aryl methyl sites for hydroxylation is 2. The third-order valence-electron chi connectivity index (χ3n) is 4.69. The number of rotatable bonds is 11. The van der Waals surface area contributed by atoms with Crippen LogP contribution in [0, 0.1) is 18.7 Å². The number of thioether (sulfide) groups is 1. The predicted molar refractivity (Wildman–Crippen MR) is 124 cm³/mol. The van der Waals surface area contributed by atoms with Crippen molar-refractivity contribution in [2.75, 3.05) is 25.9 Å². The van der Waals surface area contributed by atoms with Crippen molar-refractivity contribution >= 4 is 17.7 Å². The van der Waals surface area contributed by atoms with Crippen LogP contribution in [-0.4, -0.2) is 46.6 Å². The number of nitrogens with zero attached hydrogens (tertiary/aromatic N) is 4. The Labute approximate surface area is 184 Å². The first-order chi connectivity index (χ1) is 14.4. The minimum absolute atomic E-state index is 0.187. The van der Waals surface area contributed by atoms with E-state index in [0.717, 1.165) is 67.0 Å². The first-order valence-electron chi connectivity index (χ1n) is 10.7. The molecule has 2 aromatic rings. The normalized spacial score (nSPS) is 11.9. The van der Waals surface area contributed by atoms with E-state index >= 15 is 0 Å². The fourth-order valence-corrected chi connectivity index (χ4v) is 3.75. The fourth-order valence-electron chi connectivity index (χ4n) is 3.23. The highest BCUT2D eigenvalue weighted by atomic mass is 32.2. The average molecular weight is 435 g/mol. The molecule has 2 N–H and O–H groups in total. The zero-order valence-corrected chi connectivity index (χ0v) is 19.7. The van der Waals surface area contributed by atoms with Crippen molar-refractivity contribution in [1.82, 2.24) is 25.4 Å². The highest BCUT2D eigenvalue weighted by Crippen LogP contribution is 2.16. The van der Waals surface area contributed by atoms with E-state index in [1.165, 1.54) is 6.07 Å². The molecule has 0 aliphatic carbocycles. The lowest BCUT2D eigenvalue weighted by molar-refractivity contribution is 0.477. The Morgan fingerprint density at radius 3 is 2.70 bits per heavy atom. The van der Waals surface area contributed by atoms with Gasteiger partial charge in [-0.1, -0.05) is 31.7 Å². The lowest BCUT2D eigenvalue weighted by atomic mass is 10.1. The summed E-state index contributed by atoms with van der Waals surface area (Å²) in [6, 6.07) is 4.95. The van der Waals surface area contributed by atoms with Gasteiger partial charge in [0.1, 0.15) is 11.6 Å². The number of aromatic nitrogens is 3. The van der Waals surface area contributed by atoms with Crippen LogP contribution in [0.5, 0.6) is 0 Å². The summed E-state index contributed by atoms with van der Waals surface area (Å²) in [6.07, 6.45) is 4.64. The summed E-state index contributed by atoms with van der Waals surface area (Å²) in [5.74, 6) is 2.21. The lowest BCUT2D eigenvalue weighted by Gasteiger charge is -2.13. The zero-order chi connectivity index (χ0) is 21.9. The van der Waals surface area contributed by atoms with Gasteiger partial charge in [-0.3, -0.25) is 4.99 Å². The second-order valence-corrected chi connectivity index (χ2v) is 8.49. The topological polar surface area (TPSA) is 67.1 Å². The first kappa shape index (κ1) is 24.2. The van der Waals surface area contributed by atoms with Crippen molar-refractivity contribution in [2.24, 2.45) is 10.9 Å². The maximum Gasteiger partial charge on any atom is 0.191 e. The highest BCUT2D eigenvalue weighted by Gasteiger charge is 2.12. The van der Waals surface area contributed by atoms with Crippen molar-refractivity contribution < 1.29 is 4.39 Å². The number of hydrogen-bond acceptors (Lipinski definition) is 4. The van der Waals surface area contributed by atoms with Crippen molar-refractivity contribution in [2.45, 2.75) is 58.7 Å². The van der Waals surface area contributed by atoms with Crippen LogP contribution >= 0.6 is 11.8 Å². The van der Waals surface area contributed by atoms with Gasteiger partial charge in [0.25, 0.3) is 0 Å². The van der Waals surface area contributed by atoms with Gasteiger partial charge in [0.2, 0.25) is 0 Å². The van der Waals surface area contributed by atoms with E-state index in [4.69, 9.17) is 0 Å². The molecule has 0 atom stereocenters. The fraction of sp³-hybridized carbons (Fsp3) is 0.591. The van der Waals surface area contributed by atoms with Crippen LogP contribution in [-0.2, 0) is 19.4 Å². The Hall–Kier alpha value is -2.09. The third kappa shape index (κ3) is 7.63. The number of aliphatic imine (C=N–C) groups is 1. The van der Waals surface area contributed by atoms with E-state index in [0.29, 0.717) is 12.5 Å². The number of nitrogens with one attached hydrogen (secondary N) is 2. The molecule has 0 radical (unpaired) electrons. The molecule has 2 rings (SSSR count). The molecule has 1 heterocycles. The first-order valence-corrected chi connectivity index (χ1v) is 11.9. The van der Waals surface area contributed by atoms with Crippen LogP contribution in [0.1, 0.15) is 44.1 Å². The largest absolute Gasteiger partial charge is 0.357 e. The molecule has 0 spiro atoms. The molecule has 8 heteroatoms. The van der Waals surface area contributed by atoms with Gasteiger partial charge in [0.15, 0.2) is 11.1 Å². The van der Waals surface area contributed by atoms with Crippen molar-refractivity contribution in [1.29, 1.82) is 0 Å². The Morgan fingerprint density at radius 1 is 1.23 bits per heavy atom. The van der Waals surface area contributed by atoms with Gasteiger partial charge in [0.05, 0.1) is 0 Å². The molecule has 1 aromatic heterocycles. The van der Waals surface area contributed by atoms with Gasteiger partial charge in [-0.05, 0) is 62.1 Å². The van der Waals surface area contributed by atoms with Crippen LogP contribution in [0.2, 0.25) is 0 Å². The van der Waals surface area contributed by atoms with E-state index in [1.807, 2.05) is 19.2 Å². The van der Waals surface area contributed by atoms with Crippen LogP contribution in [0.25, 0.3) is 0 Å². The van der Waals surface area contributed by atoms with Gasteiger partial charge < -0.3 is 15.2 Å². The summed E-state index contributed by atoms with van der Waals surface area (Å²) in [4.78, 5) is 4.69. The van der Waals surface area contributed by atoms with Gasteiger partial charge in [0, 0.05) is 32.6 Å². The second-order valence-electron chi connectivity index (χ2n) is 7.72. The zero-order valence-electron chi connectivity index (χ0n) is 18.8. The minimum atomic E-state index is -0.187. The summed E-state index contributed by atoms with van der Waals surface area (Å²) < 4.78 is 15.5. The molecular formula is C22H35FN6S. The molecule has 0 fully saturated rings. The Morgan fingerprint density at radius 2 is 2.03 bits per heavy atom. The smallest absolute Gasteiger partial charge is 0.191 e. The number of benzene rings is 1. The van der Waals surface area contributed by atoms with Crippen molar-refractivity contribution in [3.63, 3.8) is 0 Å².